The Bertz CT molecular complexity index is 900. The third kappa shape index (κ3) is 3.69. The summed E-state index contributed by atoms with van der Waals surface area (Å²) in [4.78, 5) is 26.9. The highest BCUT2D eigenvalue weighted by molar-refractivity contribution is 6.46. The molecule has 5 heteroatoms. The first-order valence-electron chi connectivity index (χ1n) is 9.26. The van der Waals surface area contributed by atoms with Crippen LogP contribution in [0.15, 0.2) is 72.8 Å². The molecule has 0 saturated carbocycles. The van der Waals surface area contributed by atoms with Gasteiger partial charge in [0.15, 0.2) is 0 Å². The number of hydrogen-bond donors (Lipinski definition) is 1. The first kappa shape index (κ1) is 19.4. The first-order chi connectivity index (χ1) is 13.6. The van der Waals surface area contributed by atoms with Crippen molar-refractivity contribution in [3.8, 4) is 5.75 Å². The van der Waals surface area contributed by atoms with Crippen molar-refractivity contribution < 1.29 is 19.4 Å². The van der Waals surface area contributed by atoms with E-state index in [0.29, 0.717) is 30.9 Å². The standard InChI is InChI=1S/C23H23NO4/c1-3-14-24-20(16-8-6-5-7-9-16)19(22(26)23(24)27)21(25)17-10-12-18(13-11-17)28-15-4-2/h4-13,20,25H,2-3,14-15H2,1H3/t20-/m1/s1. The van der Waals surface area contributed by atoms with Crippen molar-refractivity contribution in [2.45, 2.75) is 19.4 Å². The summed E-state index contributed by atoms with van der Waals surface area (Å²) in [6, 6.07) is 15.5. The second kappa shape index (κ2) is 8.57. The van der Waals surface area contributed by atoms with Crippen LogP contribution in [-0.4, -0.2) is 34.8 Å². The number of hydrogen-bond acceptors (Lipinski definition) is 4. The number of benzene rings is 2. The molecule has 0 spiro atoms. The summed E-state index contributed by atoms with van der Waals surface area (Å²) in [5.74, 6) is -0.793. The van der Waals surface area contributed by atoms with Gasteiger partial charge < -0.3 is 14.7 Å². The molecule has 3 rings (SSSR count). The SMILES string of the molecule is C=CCOc1ccc(C(O)=C2C(=O)C(=O)N(CCC)[C@@H]2c2ccccc2)cc1. The van der Waals surface area contributed by atoms with Gasteiger partial charge in [-0.05, 0) is 36.2 Å². The molecule has 1 heterocycles. The number of nitrogens with zero attached hydrogens (tertiary/aromatic N) is 1. The van der Waals surface area contributed by atoms with Gasteiger partial charge in [0.2, 0.25) is 0 Å². The number of aliphatic hydroxyl groups excluding tert-OH is 1. The van der Waals surface area contributed by atoms with Gasteiger partial charge in [-0.3, -0.25) is 9.59 Å². The van der Waals surface area contributed by atoms with Gasteiger partial charge in [0.25, 0.3) is 11.7 Å². The van der Waals surface area contributed by atoms with Gasteiger partial charge in [-0.1, -0.05) is 49.9 Å². The molecule has 1 amide bonds. The molecule has 1 aliphatic rings. The second-order valence-corrected chi connectivity index (χ2v) is 6.53. The molecule has 28 heavy (non-hydrogen) atoms. The van der Waals surface area contributed by atoms with E-state index < -0.39 is 17.7 Å². The number of likely N-dealkylation sites (tertiary alicyclic amines) is 1. The third-order valence-corrected chi connectivity index (χ3v) is 4.62. The van der Waals surface area contributed by atoms with Crippen LogP contribution >= 0.6 is 0 Å². The van der Waals surface area contributed by atoms with E-state index >= 15 is 0 Å². The normalized spacial score (nSPS) is 18.3. The van der Waals surface area contributed by atoms with Crippen molar-refractivity contribution in [1.82, 2.24) is 4.90 Å². The van der Waals surface area contributed by atoms with Crippen molar-refractivity contribution in [3.63, 3.8) is 0 Å². The van der Waals surface area contributed by atoms with Gasteiger partial charge in [0.1, 0.15) is 18.1 Å². The monoisotopic (exact) mass is 377 g/mol. The Hall–Kier alpha value is -3.34. The van der Waals surface area contributed by atoms with E-state index in [1.54, 1.807) is 30.3 Å². The van der Waals surface area contributed by atoms with E-state index in [2.05, 4.69) is 6.58 Å². The number of aliphatic hydroxyl groups is 1. The summed E-state index contributed by atoms with van der Waals surface area (Å²) in [6.45, 7) is 6.37. The molecular weight excluding hydrogens is 354 g/mol. The largest absolute Gasteiger partial charge is 0.507 e. The van der Waals surface area contributed by atoms with Crippen molar-refractivity contribution in [3.05, 3.63) is 84.0 Å². The van der Waals surface area contributed by atoms with Crippen LogP contribution in [0.3, 0.4) is 0 Å². The average Bonchev–Trinajstić information content (AvgIpc) is 2.98. The Morgan fingerprint density at radius 2 is 1.82 bits per heavy atom. The molecule has 0 aromatic heterocycles. The Morgan fingerprint density at radius 3 is 2.43 bits per heavy atom. The number of ether oxygens (including phenoxy) is 1. The number of Topliss-reactive ketones (excluding diaryl/α,β-unsaturated/α-hetero) is 1. The van der Waals surface area contributed by atoms with Crippen molar-refractivity contribution in [2.75, 3.05) is 13.2 Å². The van der Waals surface area contributed by atoms with E-state index in [-0.39, 0.29) is 11.3 Å². The fourth-order valence-corrected chi connectivity index (χ4v) is 3.35. The number of carbonyl (C=O) groups excluding carboxylic acids is 2. The summed E-state index contributed by atoms with van der Waals surface area (Å²) < 4.78 is 5.45. The lowest BCUT2D eigenvalue weighted by Gasteiger charge is -2.24. The van der Waals surface area contributed by atoms with E-state index in [0.717, 1.165) is 5.56 Å². The summed E-state index contributed by atoms with van der Waals surface area (Å²) in [5.41, 5.74) is 1.37. The lowest BCUT2D eigenvalue weighted by atomic mass is 9.95. The third-order valence-electron chi connectivity index (χ3n) is 4.62. The topological polar surface area (TPSA) is 66.8 Å². The zero-order valence-electron chi connectivity index (χ0n) is 15.8. The molecule has 0 radical (unpaired) electrons. The van der Waals surface area contributed by atoms with Crippen LogP contribution < -0.4 is 4.74 Å². The minimum Gasteiger partial charge on any atom is -0.507 e. The summed E-state index contributed by atoms with van der Waals surface area (Å²) in [5, 5.41) is 10.9. The summed E-state index contributed by atoms with van der Waals surface area (Å²) in [6.07, 6.45) is 2.36. The maximum absolute atomic E-state index is 12.8. The maximum Gasteiger partial charge on any atom is 0.295 e. The van der Waals surface area contributed by atoms with Gasteiger partial charge in [-0.2, -0.15) is 0 Å². The van der Waals surface area contributed by atoms with Gasteiger partial charge in [-0.15, -0.1) is 0 Å². The highest BCUT2D eigenvalue weighted by atomic mass is 16.5. The van der Waals surface area contributed by atoms with Crippen molar-refractivity contribution in [1.29, 1.82) is 0 Å². The quantitative estimate of drug-likeness (QED) is 0.342. The summed E-state index contributed by atoms with van der Waals surface area (Å²) >= 11 is 0. The van der Waals surface area contributed by atoms with Crippen molar-refractivity contribution in [2.24, 2.45) is 0 Å². The van der Waals surface area contributed by atoms with Crippen LogP contribution in [0, 0.1) is 0 Å². The molecule has 0 unspecified atom stereocenters. The molecule has 5 nitrogen and oxygen atoms in total. The molecule has 1 aliphatic heterocycles. The molecular formula is C23H23NO4. The fourth-order valence-electron chi connectivity index (χ4n) is 3.35. The Kier molecular flexibility index (Phi) is 5.94. The second-order valence-electron chi connectivity index (χ2n) is 6.53. The molecule has 1 fully saturated rings. The number of rotatable bonds is 7. The minimum absolute atomic E-state index is 0.115. The van der Waals surface area contributed by atoms with Gasteiger partial charge in [-0.25, -0.2) is 0 Å². The van der Waals surface area contributed by atoms with E-state index in [1.165, 1.54) is 4.90 Å². The zero-order chi connectivity index (χ0) is 20.1. The molecule has 144 valence electrons. The van der Waals surface area contributed by atoms with Gasteiger partial charge in [0.05, 0.1) is 11.6 Å². The maximum atomic E-state index is 12.8. The molecule has 1 N–H and O–H groups in total. The van der Waals surface area contributed by atoms with Gasteiger partial charge >= 0.3 is 0 Å². The number of carbonyl (C=O) groups is 2. The smallest absolute Gasteiger partial charge is 0.295 e. The lowest BCUT2D eigenvalue weighted by Crippen LogP contribution is -2.30. The van der Waals surface area contributed by atoms with E-state index in [4.69, 9.17) is 4.74 Å². The zero-order valence-corrected chi connectivity index (χ0v) is 15.8. The van der Waals surface area contributed by atoms with Crippen LogP contribution in [0.1, 0.15) is 30.5 Å². The highest BCUT2D eigenvalue weighted by Crippen LogP contribution is 2.39. The van der Waals surface area contributed by atoms with Crippen LogP contribution in [0.4, 0.5) is 0 Å². The Balaban J connectivity index is 2.06. The molecule has 1 saturated heterocycles. The average molecular weight is 377 g/mol. The minimum atomic E-state index is -0.660. The lowest BCUT2D eigenvalue weighted by molar-refractivity contribution is -0.139. The number of amides is 1. The Labute approximate surface area is 164 Å². The molecule has 0 bridgehead atoms. The first-order valence-corrected chi connectivity index (χ1v) is 9.26. The molecule has 2 aromatic rings. The molecule has 1 atom stereocenters. The van der Waals surface area contributed by atoms with Crippen LogP contribution in [-0.2, 0) is 9.59 Å². The predicted molar refractivity (Wildman–Crippen MR) is 108 cm³/mol. The highest BCUT2D eigenvalue weighted by Gasteiger charge is 2.45. The van der Waals surface area contributed by atoms with E-state index in [1.807, 2.05) is 37.3 Å². The molecule has 2 aromatic carbocycles. The Morgan fingerprint density at radius 1 is 1.14 bits per heavy atom. The summed E-state index contributed by atoms with van der Waals surface area (Å²) in [7, 11) is 0. The van der Waals surface area contributed by atoms with Crippen LogP contribution in [0.5, 0.6) is 5.75 Å². The van der Waals surface area contributed by atoms with Gasteiger partial charge in [0, 0.05) is 12.1 Å². The number of ketones is 1. The van der Waals surface area contributed by atoms with Crippen molar-refractivity contribution >= 4 is 17.4 Å². The van der Waals surface area contributed by atoms with E-state index in [9.17, 15) is 14.7 Å². The fraction of sp³-hybridized carbons (Fsp3) is 0.217. The van der Waals surface area contributed by atoms with Crippen LogP contribution in [0.25, 0.3) is 5.76 Å². The molecule has 0 aliphatic carbocycles. The predicted octanol–water partition coefficient (Wildman–Crippen LogP) is 4.08. The van der Waals surface area contributed by atoms with Crippen LogP contribution in [0.2, 0.25) is 0 Å².